The quantitative estimate of drug-likeness (QED) is 0.664. The Morgan fingerprint density at radius 3 is 2.43 bits per heavy atom. The number of aromatic nitrogens is 2. The van der Waals surface area contributed by atoms with Crippen LogP contribution in [-0.2, 0) is 4.74 Å². The van der Waals surface area contributed by atoms with Crippen LogP contribution in [0.2, 0.25) is 0 Å². The predicted octanol–water partition coefficient (Wildman–Crippen LogP) is 3.36. The highest BCUT2D eigenvalue weighted by molar-refractivity contribution is 5.93. The van der Waals surface area contributed by atoms with E-state index in [4.69, 9.17) is 4.74 Å². The Morgan fingerprint density at radius 2 is 1.73 bits per heavy atom. The Balaban J connectivity index is 1.50. The monoisotopic (exact) mass is 410 g/mol. The maximum Gasteiger partial charge on any atom is 0.409 e. The van der Waals surface area contributed by atoms with Crippen LogP contribution >= 0.6 is 0 Å². The number of hydrogen-bond donors (Lipinski definition) is 0. The fourth-order valence-electron chi connectivity index (χ4n) is 3.56. The first-order valence-electron chi connectivity index (χ1n) is 9.92. The zero-order chi connectivity index (χ0) is 21.3. The third-order valence-electron chi connectivity index (χ3n) is 5.25. The standard InChI is InChI=1S/C22H23FN4O3/c1-3-30-22(29)26-10-8-25(9-11-26)21(28)19-14-27-13-17(5-7-20(27)24-19)16-4-6-18(23)15(2)12-16/h4-7,12-14H,3,8-11H2,1-2H3. The van der Waals surface area contributed by atoms with Crippen LogP contribution in [0.15, 0.2) is 42.7 Å². The second-order valence-corrected chi connectivity index (χ2v) is 7.25. The molecule has 0 aliphatic carbocycles. The van der Waals surface area contributed by atoms with Gasteiger partial charge in [0.15, 0.2) is 0 Å². The van der Waals surface area contributed by atoms with Crippen LogP contribution in [0.25, 0.3) is 16.8 Å². The van der Waals surface area contributed by atoms with Crippen molar-refractivity contribution in [2.75, 3.05) is 32.8 Å². The molecule has 7 nitrogen and oxygen atoms in total. The number of carbonyl (C=O) groups excluding carboxylic acids is 2. The summed E-state index contributed by atoms with van der Waals surface area (Å²) in [6, 6.07) is 8.72. The van der Waals surface area contributed by atoms with Crippen LogP contribution in [0.4, 0.5) is 9.18 Å². The van der Waals surface area contributed by atoms with E-state index in [1.54, 1.807) is 46.4 Å². The topological polar surface area (TPSA) is 67.2 Å². The zero-order valence-electron chi connectivity index (χ0n) is 17.0. The number of benzene rings is 1. The van der Waals surface area contributed by atoms with Crippen LogP contribution in [0.5, 0.6) is 0 Å². The highest BCUT2D eigenvalue weighted by Crippen LogP contribution is 2.23. The molecule has 2 amide bonds. The minimum Gasteiger partial charge on any atom is -0.450 e. The SMILES string of the molecule is CCOC(=O)N1CCN(C(=O)c2cn3cc(-c4ccc(F)c(C)c4)ccc3n2)CC1. The van der Waals surface area contributed by atoms with E-state index in [1.807, 2.05) is 18.3 Å². The van der Waals surface area contributed by atoms with Crippen molar-refractivity contribution in [3.63, 3.8) is 0 Å². The number of fused-ring (bicyclic) bond motifs is 1. The zero-order valence-corrected chi connectivity index (χ0v) is 17.0. The fraction of sp³-hybridized carbons (Fsp3) is 0.318. The molecule has 3 heterocycles. The molecule has 0 atom stereocenters. The van der Waals surface area contributed by atoms with Crippen molar-refractivity contribution in [2.24, 2.45) is 0 Å². The first-order valence-corrected chi connectivity index (χ1v) is 9.92. The van der Waals surface area contributed by atoms with Crippen molar-refractivity contribution in [3.05, 3.63) is 59.8 Å². The molecule has 2 aromatic heterocycles. The number of halogens is 1. The maximum absolute atomic E-state index is 13.6. The number of aryl methyl sites for hydroxylation is 1. The molecule has 1 aliphatic rings. The molecule has 1 aliphatic heterocycles. The average Bonchev–Trinajstić information content (AvgIpc) is 3.19. The molecule has 0 radical (unpaired) electrons. The second kappa shape index (κ2) is 8.14. The third kappa shape index (κ3) is 3.85. The average molecular weight is 410 g/mol. The van der Waals surface area contributed by atoms with Gasteiger partial charge in [0.2, 0.25) is 0 Å². The Labute approximate surface area is 173 Å². The van der Waals surface area contributed by atoms with Gasteiger partial charge < -0.3 is 18.9 Å². The van der Waals surface area contributed by atoms with E-state index in [1.165, 1.54) is 6.07 Å². The first-order chi connectivity index (χ1) is 14.5. The van der Waals surface area contributed by atoms with E-state index < -0.39 is 0 Å². The minimum absolute atomic E-state index is 0.165. The summed E-state index contributed by atoms with van der Waals surface area (Å²) >= 11 is 0. The summed E-state index contributed by atoms with van der Waals surface area (Å²) in [4.78, 5) is 32.4. The second-order valence-electron chi connectivity index (χ2n) is 7.25. The Hall–Kier alpha value is -3.42. The predicted molar refractivity (Wildman–Crippen MR) is 110 cm³/mol. The summed E-state index contributed by atoms with van der Waals surface area (Å²) in [6.45, 7) is 5.57. The number of amides is 2. The molecule has 0 spiro atoms. The number of hydrogen-bond acceptors (Lipinski definition) is 4. The van der Waals surface area contributed by atoms with Gasteiger partial charge in [-0.05, 0) is 54.8 Å². The Kier molecular flexibility index (Phi) is 5.39. The molecule has 156 valence electrons. The molecule has 8 heteroatoms. The number of carbonyl (C=O) groups is 2. The Bertz CT molecular complexity index is 1100. The van der Waals surface area contributed by atoms with Crippen molar-refractivity contribution in [2.45, 2.75) is 13.8 Å². The van der Waals surface area contributed by atoms with Crippen LogP contribution in [0.3, 0.4) is 0 Å². The van der Waals surface area contributed by atoms with Gasteiger partial charge in [-0.25, -0.2) is 14.2 Å². The lowest BCUT2D eigenvalue weighted by atomic mass is 10.1. The lowest BCUT2D eigenvalue weighted by molar-refractivity contribution is 0.0566. The van der Waals surface area contributed by atoms with Gasteiger partial charge in [0.25, 0.3) is 5.91 Å². The molecule has 4 rings (SSSR count). The van der Waals surface area contributed by atoms with Crippen LogP contribution in [0.1, 0.15) is 23.0 Å². The van der Waals surface area contributed by atoms with Crippen LogP contribution in [-0.4, -0.2) is 64.0 Å². The summed E-state index contributed by atoms with van der Waals surface area (Å²) < 4.78 is 20.4. The molecule has 0 saturated carbocycles. The van der Waals surface area contributed by atoms with Crippen molar-refractivity contribution in [1.29, 1.82) is 0 Å². The van der Waals surface area contributed by atoms with Gasteiger partial charge in [-0.15, -0.1) is 0 Å². The molecule has 0 bridgehead atoms. The lowest BCUT2D eigenvalue weighted by Crippen LogP contribution is -2.50. The molecule has 3 aromatic rings. The largest absolute Gasteiger partial charge is 0.450 e. The molecule has 1 saturated heterocycles. The number of piperazine rings is 1. The summed E-state index contributed by atoms with van der Waals surface area (Å²) in [5.41, 5.74) is 3.40. The van der Waals surface area contributed by atoms with Gasteiger partial charge in [-0.2, -0.15) is 0 Å². The summed E-state index contributed by atoms with van der Waals surface area (Å²) in [5.74, 6) is -0.403. The number of rotatable bonds is 3. The summed E-state index contributed by atoms with van der Waals surface area (Å²) in [6.07, 6.45) is 3.24. The van der Waals surface area contributed by atoms with E-state index >= 15 is 0 Å². The molecule has 1 aromatic carbocycles. The molecule has 0 unspecified atom stereocenters. The lowest BCUT2D eigenvalue weighted by Gasteiger charge is -2.33. The molecule has 1 fully saturated rings. The number of imidazole rings is 1. The van der Waals surface area contributed by atoms with E-state index in [0.717, 1.165) is 11.1 Å². The van der Waals surface area contributed by atoms with E-state index in [2.05, 4.69) is 4.98 Å². The number of ether oxygens (including phenoxy) is 1. The van der Waals surface area contributed by atoms with Crippen molar-refractivity contribution < 1.29 is 18.7 Å². The molecule has 30 heavy (non-hydrogen) atoms. The van der Waals surface area contributed by atoms with E-state index in [9.17, 15) is 14.0 Å². The highest BCUT2D eigenvalue weighted by atomic mass is 19.1. The van der Waals surface area contributed by atoms with Crippen LogP contribution < -0.4 is 0 Å². The molecular formula is C22H23FN4O3. The minimum atomic E-state index is -0.346. The van der Waals surface area contributed by atoms with E-state index in [-0.39, 0.29) is 17.8 Å². The van der Waals surface area contributed by atoms with Gasteiger partial charge in [0.1, 0.15) is 17.2 Å². The van der Waals surface area contributed by atoms with Crippen molar-refractivity contribution in [3.8, 4) is 11.1 Å². The van der Waals surface area contributed by atoms with Crippen molar-refractivity contribution >= 4 is 17.6 Å². The van der Waals surface area contributed by atoms with Gasteiger partial charge in [0, 0.05) is 38.6 Å². The highest BCUT2D eigenvalue weighted by Gasteiger charge is 2.26. The summed E-state index contributed by atoms with van der Waals surface area (Å²) in [7, 11) is 0. The smallest absolute Gasteiger partial charge is 0.409 e. The van der Waals surface area contributed by atoms with Gasteiger partial charge in [0.05, 0.1) is 6.61 Å². The molecular weight excluding hydrogens is 387 g/mol. The third-order valence-corrected chi connectivity index (χ3v) is 5.25. The van der Waals surface area contributed by atoms with Crippen molar-refractivity contribution in [1.82, 2.24) is 19.2 Å². The number of nitrogens with zero attached hydrogens (tertiary/aromatic N) is 4. The fourth-order valence-corrected chi connectivity index (χ4v) is 3.56. The summed E-state index contributed by atoms with van der Waals surface area (Å²) in [5, 5.41) is 0. The van der Waals surface area contributed by atoms with Gasteiger partial charge in [-0.3, -0.25) is 4.79 Å². The van der Waals surface area contributed by atoms with E-state index in [0.29, 0.717) is 49.7 Å². The number of pyridine rings is 1. The van der Waals surface area contributed by atoms with Gasteiger partial charge in [-0.1, -0.05) is 6.07 Å². The van der Waals surface area contributed by atoms with Crippen LogP contribution in [0, 0.1) is 12.7 Å². The van der Waals surface area contributed by atoms with Gasteiger partial charge >= 0.3 is 6.09 Å². The Morgan fingerprint density at radius 1 is 1.03 bits per heavy atom. The first kappa shape index (κ1) is 19.9. The molecule has 0 N–H and O–H groups in total. The maximum atomic E-state index is 13.6. The normalized spacial score (nSPS) is 14.2.